The summed E-state index contributed by atoms with van der Waals surface area (Å²) < 4.78 is 66.0. The van der Waals surface area contributed by atoms with Gasteiger partial charge in [0.2, 0.25) is 0 Å². The van der Waals surface area contributed by atoms with Gasteiger partial charge in [0.15, 0.2) is 5.76 Å². The first-order chi connectivity index (χ1) is 8.13. The van der Waals surface area contributed by atoms with Gasteiger partial charge in [0.1, 0.15) is 6.61 Å². The SMILES string of the molecule is O=C(O)N1C=C(OS(=O)(=O)C(F)(F)F)COCC1. The molecule has 0 aromatic heterocycles. The fraction of sp³-hybridized carbons (Fsp3) is 0.571. The molecule has 7 nitrogen and oxygen atoms in total. The molecule has 104 valence electrons. The Morgan fingerprint density at radius 2 is 2.11 bits per heavy atom. The van der Waals surface area contributed by atoms with Crippen LogP contribution in [0.3, 0.4) is 0 Å². The Bertz CT molecular complexity index is 456. The molecule has 0 saturated heterocycles. The van der Waals surface area contributed by atoms with Crippen molar-refractivity contribution in [1.82, 2.24) is 4.90 Å². The van der Waals surface area contributed by atoms with Crippen LogP contribution in [0.5, 0.6) is 0 Å². The fourth-order valence-corrected chi connectivity index (χ4v) is 1.46. The molecule has 11 heteroatoms. The number of rotatable bonds is 2. The van der Waals surface area contributed by atoms with E-state index in [9.17, 15) is 26.4 Å². The maximum Gasteiger partial charge on any atom is 0.534 e. The maximum atomic E-state index is 12.0. The zero-order valence-corrected chi connectivity index (χ0v) is 9.49. The minimum Gasteiger partial charge on any atom is -0.465 e. The first-order valence-corrected chi connectivity index (χ1v) is 5.83. The highest BCUT2D eigenvalue weighted by molar-refractivity contribution is 7.87. The zero-order valence-electron chi connectivity index (χ0n) is 8.68. The van der Waals surface area contributed by atoms with Crippen molar-refractivity contribution in [3.8, 4) is 0 Å². The van der Waals surface area contributed by atoms with Crippen LogP contribution in [0, 0.1) is 0 Å². The molecule has 1 aliphatic heterocycles. The van der Waals surface area contributed by atoms with Crippen LogP contribution in [0.1, 0.15) is 0 Å². The first kappa shape index (κ1) is 14.6. The standard InChI is InChI=1S/C7H8F3NO6S/c8-7(9,10)18(14,15)17-5-3-11(6(12)13)1-2-16-4-5/h3H,1-2,4H2,(H,12,13). The largest absolute Gasteiger partial charge is 0.534 e. The van der Waals surface area contributed by atoms with Crippen LogP contribution >= 0.6 is 0 Å². The van der Waals surface area contributed by atoms with Gasteiger partial charge in [0.25, 0.3) is 0 Å². The summed E-state index contributed by atoms with van der Waals surface area (Å²) in [5, 5.41) is 8.64. The summed E-state index contributed by atoms with van der Waals surface area (Å²) in [6.07, 6.45) is -0.829. The second-order valence-electron chi connectivity index (χ2n) is 3.11. The van der Waals surface area contributed by atoms with Crippen LogP contribution in [-0.4, -0.2) is 49.8 Å². The van der Waals surface area contributed by atoms with Crippen molar-refractivity contribution in [1.29, 1.82) is 0 Å². The first-order valence-electron chi connectivity index (χ1n) is 4.42. The van der Waals surface area contributed by atoms with E-state index in [1.165, 1.54) is 0 Å². The van der Waals surface area contributed by atoms with Crippen LogP contribution in [-0.2, 0) is 19.0 Å². The van der Waals surface area contributed by atoms with Crippen molar-refractivity contribution in [2.75, 3.05) is 19.8 Å². The van der Waals surface area contributed by atoms with Crippen LogP contribution < -0.4 is 0 Å². The third-order valence-electron chi connectivity index (χ3n) is 1.77. The van der Waals surface area contributed by atoms with E-state index >= 15 is 0 Å². The molecule has 0 atom stereocenters. The van der Waals surface area contributed by atoms with E-state index in [-0.39, 0.29) is 13.2 Å². The highest BCUT2D eigenvalue weighted by atomic mass is 32.2. The number of nitrogens with zero attached hydrogens (tertiary/aromatic N) is 1. The van der Waals surface area contributed by atoms with Crippen LogP contribution in [0.15, 0.2) is 12.0 Å². The van der Waals surface area contributed by atoms with E-state index in [0.717, 1.165) is 0 Å². The Kier molecular flexibility index (Phi) is 4.06. The van der Waals surface area contributed by atoms with E-state index in [1.807, 2.05) is 0 Å². The van der Waals surface area contributed by atoms with Gasteiger partial charge in [-0.1, -0.05) is 0 Å². The lowest BCUT2D eigenvalue weighted by Crippen LogP contribution is -2.28. The molecule has 1 heterocycles. The molecule has 0 saturated carbocycles. The summed E-state index contributed by atoms with van der Waals surface area (Å²) >= 11 is 0. The van der Waals surface area contributed by atoms with Gasteiger partial charge in [0, 0.05) is 0 Å². The predicted octanol–water partition coefficient (Wildman–Crippen LogP) is 0.704. The fourth-order valence-electron chi connectivity index (χ4n) is 0.996. The van der Waals surface area contributed by atoms with Crippen molar-refractivity contribution < 1.29 is 40.4 Å². The molecule has 0 fully saturated rings. The Hall–Kier alpha value is -1.49. The number of alkyl halides is 3. The predicted molar refractivity (Wildman–Crippen MR) is 49.7 cm³/mol. The molecule has 0 aliphatic carbocycles. The van der Waals surface area contributed by atoms with Gasteiger partial charge < -0.3 is 14.0 Å². The molecular formula is C7H8F3NO6S. The average molecular weight is 291 g/mol. The second-order valence-corrected chi connectivity index (χ2v) is 4.64. The Balaban J connectivity index is 2.92. The van der Waals surface area contributed by atoms with Gasteiger partial charge in [-0.15, -0.1) is 0 Å². The highest BCUT2D eigenvalue weighted by Crippen LogP contribution is 2.27. The molecule has 0 aromatic carbocycles. The molecule has 1 amide bonds. The third kappa shape index (κ3) is 3.50. The number of carbonyl (C=O) groups is 1. The summed E-state index contributed by atoms with van der Waals surface area (Å²) in [6, 6.07) is 0. The number of hydrogen-bond acceptors (Lipinski definition) is 5. The van der Waals surface area contributed by atoms with Crippen LogP contribution in [0.2, 0.25) is 0 Å². The molecular weight excluding hydrogens is 283 g/mol. The topological polar surface area (TPSA) is 93.1 Å². The monoisotopic (exact) mass is 291 g/mol. The van der Waals surface area contributed by atoms with Crippen molar-refractivity contribution in [3.05, 3.63) is 12.0 Å². The molecule has 1 N–H and O–H groups in total. The van der Waals surface area contributed by atoms with Crippen molar-refractivity contribution in [3.63, 3.8) is 0 Å². The zero-order chi connectivity index (χ0) is 14.0. The van der Waals surface area contributed by atoms with E-state index in [1.54, 1.807) is 0 Å². The summed E-state index contributed by atoms with van der Waals surface area (Å²) in [5.74, 6) is -0.757. The number of ether oxygens (including phenoxy) is 1. The van der Waals surface area contributed by atoms with E-state index in [2.05, 4.69) is 4.18 Å². The molecule has 18 heavy (non-hydrogen) atoms. The number of carboxylic acid groups (broad SMARTS) is 1. The smallest absolute Gasteiger partial charge is 0.465 e. The molecule has 0 bridgehead atoms. The molecule has 0 aromatic rings. The van der Waals surface area contributed by atoms with Crippen molar-refractivity contribution >= 4 is 16.2 Å². The van der Waals surface area contributed by atoms with Gasteiger partial charge in [-0.3, -0.25) is 4.90 Å². The summed E-state index contributed by atoms with van der Waals surface area (Å²) in [4.78, 5) is 11.2. The van der Waals surface area contributed by atoms with Gasteiger partial charge in [0.05, 0.1) is 19.4 Å². The number of amides is 1. The maximum absolute atomic E-state index is 12.0. The summed E-state index contributed by atoms with van der Waals surface area (Å²) in [7, 11) is -5.83. The lowest BCUT2D eigenvalue weighted by Gasteiger charge is -2.13. The third-order valence-corrected chi connectivity index (χ3v) is 2.77. The van der Waals surface area contributed by atoms with E-state index in [4.69, 9.17) is 9.84 Å². The normalized spacial score (nSPS) is 17.9. The molecule has 1 rings (SSSR count). The molecule has 0 unspecified atom stereocenters. The summed E-state index contributed by atoms with van der Waals surface area (Å²) in [6.45, 7) is -0.810. The summed E-state index contributed by atoms with van der Waals surface area (Å²) in [5.41, 5.74) is -5.59. The molecule has 1 aliphatic rings. The second kappa shape index (κ2) is 5.02. The Labute approximate surface area is 99.5 Å². The highest BCUT2D eigenvalue weighted by Gasteiger charge is 2.49. The minimum absolute atomic E-state index is 0.0955. The van der Waals surface area contributed by atoms with Crippen molar-refractivity contribution in [2.45, 2.75) is 5.51 Å². The average Bonchev–Trinajstić information content (AvgIpc) is 2.40. The molecule has 0 spiro atoms. The van der Waals surface area contributed by atoms with Gasteiger partial charge in [-0.05, 0) is 0 Å². The lowest BCUT2D eigenvalue weighted by molar-refractivity contribution is -0.0528. The number of halogens is 3. The van der Waals surface area contributed by atoms with Gasteiger partial charge in [-0.25, -0.2) is 4.79 Å². The van der Waals surface area contributed by atoms with Crippen LogP contribution in [0.25, 0.3) is 0 Å². The van der Waals surface area contributed by atoms with E-state index < -0.39 is 34.1 Å². The Morgan fingerprint density at radius 3 is 2.61 bits per heavy atom. The number of hydrogen-bond donors (Lipinski definition) is 1. The molecule has 0 radical (unpaired) electrons. The Morgan fingerprint density at radius 1 is 1.50 bits per heavy atom. The van der Waals surface area contributed by atoms with Crippen LogP contribution in [0.4, 0.5) is 18.0 Å². The lowest BCUT2D eigenvalue weighted by atomic mass is 10.5. The minimum atomic E-state index is -5.83. The van der Waals surface area contributed by atoms with Gasteiger partial charge >= 0.3 is 21.7 Å². The van der Waals surface area contributed by atoms with Crippen molar-refractivity contribution in [2.24, 2.45) is 0 Å². The van der Waals surface area contributed by atoms with E-state index in [0.29, 0.717) is 11.1 Å². The quantitative estimate of drug-likeness (QED) is 0.594. The van der Waals surface area contributed by atoms with Gasteiger partial charge in [-0.2, -0.15) is 21.6 Å².